The maximum atomic E-state index is 13.0. The third-order valence-electron chi connectivity index (χ3n) is 4.25. The number of morpholine rings is 1. The first kappa shape index (κ1) is 16.7. The van der Waals surface area contributed by atoms with Crippen LogP contribution in [0.25, 0.3) is 0 Å². The quantitative estimate of drug-likeness (QED) is 0.855. The van der Waals surface area contributed by atoms with Gasteiger partial charge in [0.25, 0.3) is 5.91 Å². The number of carbonyl (C=O) groups is 1. The molecule has 0 N–H and O–H groups in total. The molecule has 6 nitrogen and oxygen atoms in total. The number of carbonyl (C=O) groups excluding carboxylic acids is 1. The van der Waals surface area contributed by atoms with Gasteiger partial charge in [0, 0.05) is 26.3 Å². The lowest BCUT2D eigenvalue weighted by atomic mass is 9.97. The number of aryl methyl sites for hydroxylation is 1. The maximum absolute atomic E-state index is 13.0. The molecule has 2 aromatic rings. The number of ether oxygens (including phenoxy) is 1. The van der Waals surface area contributed by atoms with Crippen molar-refractivity contribution in [3.63, 3.8) is 0 Å². The molecule has 3 rings (SSSR count). The standard InChI is InChI=1S/C18H24N4O2/c1-20(2)13-16-17(14-7-5-4-6-8-14)22(9-10-24-16)18(23)15-11-19-21(3)12-15/h4-8,11-12,16-17H,9-10,13H2,1-3H3/t16-,17-/m0/s1. The van der Waals surface area contributed by atoms with Gasteiger partial charge in [0.05, 0.1) is 30.5 Å². The van der Waals surface area contributed by atoms with Crippen LogP contribution < -0.4 is 0 Å². The summed E-state index contributed by atoms with van der Waals surface area (Å²) >= 11 is 0. The predicted molar refractivity (Wildman–Crippen MR) is 91.7 cm³/mol. The molecular weight excluding hydrogens is 304 g/mol. The van der Waals surface area contributed by atoms with E-state index in [9.17, 15) is 4.79 Å². The van der Waals surface area contributed by atoms with E-state index in [0.717, 1.165) is 12.1 Å². The minimum atomic E-state index is -0.102. The molecule has 24 heavy (non-hydrogen) atoms. The largest absolute Gasteiger partial charge is 0.373 e. The smallest absolute Gasteiger partial charge is 0.257 e. The van der Waals surface area contributed by atoms with E-state index in [1.807, 2.05) is 44.2 Å². The second kappa shape index (κ2) is 7.15. The Bertz CT molecular complexity index is 683. The monoisotopic (exact) mass is 328 g/mol. The third kappa shape index (κ3) is 3.49. The topological polar surface area (TPSA) is 50.6 Å². The molecule has 0 aliphatic carbocycles. The van der Waals surface area contributed by atoms with Crippen LogP contribution in [-0.4, -0.2) is 65.4 Å². The lowest BCUT2D eigenvalue weighted by Gasteiger charge is -2.42. The van der Waals surface area contributed by atoms with Gasteiger partial charge in [-0.2, -0.15) is 5.10 Å². The molecule has 2 heterocycles. The Labute approximate surface area is 142 Å². The Morgan fingerprint density at radius 3 is 2.71 bits per heavy atom. The summed E-state index contributed by atoms with van der Waals surface area (Å²) in [4.78, 5) is 17.0. The SMILES string of the molecule is CN(C)C[C@@H]1OCCN(C(=O)c2cnn(C)c2)[C@H]1c1ccccc1. The van der Waals surface area contributed by atoms with Crippen molar-refractivity contribution in [1.82, 2.24) is 19.6 Å². The van der Waals surface area contributed by atoms with Crippen LogP contribution in [0.15, 0.2) is 42.7 Å². The maximum Gasteiger partial charge on any atom is 0.257 e. The van der Waals surface area contributed by atoms with Crippen molar-refractivity contribution in [1.29, 1.82) is 0 Å². The Balaban J connectivity index is 1.94. The molecule has 0 radical (unpaired) electrons. The van der Waals surface area contributed by atoms with Crippen LogP contribution in [0.4, 0.5) is 0 Å². The molecule has 1 amide bonds. The molecule has 0 saturated carbocycles. The lowest BCUT2D eigenvalue weighted by molar-refractivity contribution is -0.0684. The molecule has 0 spiro atoms. The van der Waals surface area contributed by atoms with Gasteiger partial charge in [-0.15, -0.1) is 0 Å². The fraction of sp³-hybridized carbons (Fsp3) is 0.444. The van der Waals surface area contributed by atoms with Crippen LogP contribution in [0.2, 0.25) is 0 Å². The Kier molecular flexibility index (Phi) is 4.97. The number of aromatic nitrogens is 2. The van der Waals surface area contributed by atoms with Crippen LogP contribution in [0.5, 0.6) is 0 Å². The Morgan fingerprint density at radius 1 is 1.33 bits per heavy atom. The van der Waals surface area contributed by atoms with Crippen LogP contribution >= 0.6 is 0 Å². The van der Waals surface area contributed by atoms with Crippen molar-refractivity contribution in [3.05, 3.63) is 53.9 Å². The van der Waals surface area contributed by atoms with Gasteiger partial charge < -0.3 is 14.5 Å². The van der Waals surface area contributed by atoms with E-state index < -0.39 is 0 Å². The van der Waals surface area contributed by atoms with E-state index >= 15 is 0 Å². The van der Waals surface area contributed by atoms with E-state index in [2.05, 4.69) is 22.1 Å². The summed E-state index contributed by atoms with van der Waals surface area (Å²) in [6.45, 7) is 1.89. The van der Waals surface area contributed by atoms with Crippen molar-refractivity contribution in [2.75, 3.05) is 33.8 Å². The number of likely N-dealkylation sites (N-methyl/N-ethyl adjacent to an activating group) is 1. The van der Waals surface area contributed by atoms with E-state index in [4.69, 9.17) is 4.74 Å². The molecule has 6 heteroatoms. The van der Waals surface area contributed by atoms with Gasteiger partial charge in [-0.25, -0.2) is 0 Å². The summed E-state index contributed by atoms with van der Waals surface area (Å²) in [5.41, 5.74) is 1.71. The fourth-order valence-electron chi connectivity index (χ4n) is 3.22. The summed E-state index contributed by atoms with van der Waals surface area (Å²) in [6, 6.07) is 10.0. The van der Waals surface area contributed by atoms with Gasteiger partial charge in [-0.1, -0.05) is 30.3 Å². The Morgan fingerprint density at radius 2 is 2.08 bits per heavy atom. The molecule has 1 aliphatic rings. The number of amides is 1. The van der Waals surface area contributed by atoms with Crippen molar-refractivity contribution >= 4 is 5.91 Å². The summed E-state index contributed by atoms with van der Waals surface area (Å²) in [5, 5.41) is 4.13. The molecule has 128 valence electrons. The van der Waals surface area contributed by atoms with E-state index in [1.165, 1.54) is 0 Å². The van der Waals surface area contributed by atoms with Gasteiger partial charge in [0.2, 0.25) is 0 Å². The van der Waals surface area contributed by atoms with Gasteiger partial charge in [-0.05, 0) is 19.7 Å². The zero-order valence-electron chi connectivity index (χ0n) is 14.4. The summed E-state index contributed by atoms with van der Waals surface area (Å²) in [6.07, 6.45) is 3.33. The number of nitrogens with zero attached hydrogens (tertiary/aromatic N) is 4. The summed E-state index contributed by atoms with van der Waals surface area (Å²) < 4.78 is 7.68. The average Bonchev–Trinajstić information content (AvgIpc) is 3.01. The van der Waals surface area contributed by atoms with Crippen LogP contribution in [0.3, 0.4) is 0 Å². The van der Waals surface area contributed by atoms with E-state index in [0.29, 0.717) is 18.7 Å². The number of hydrogen-bond acceptors (Lipinski definition) is 4. The fourth-order valence-corrected chi connectivity index (χ4v) is 3.22. The van der Waals surface area contributed by atoms with Crippen molar-refractivity contribution in [2.24, 2.45) is 7.05 Å². The van der Waals surface area contributed by atoms with Gasteiger partial charge in [0.15, 0.2) is 0 Å². The minimum absolute atomic E-state index is 0.00371. The highest BCUT2D eigenvalue weighted by molar-refractivity contribution is 5.94. The number of hydrogen-bond donors (Lipinski definition) is 0. The molecule has 1 fully saturated rings. The van der Waals surface area contributed by atoms with E-state index in [-0.39, 0.29) is 18.1 Å². The normalized spacial score (nSPS) is 21.2. The second-order valence-electron chi connectivity index (χ2n) is 6.43. The first-order valence-corrected chi connectivity index (χ1v) is 8.17. The highest BCUT2D eigenvalue weighted by Gasteiger charge is 2.37. The van der Waals surface area contributed by atoms with Crippen molar-refractivity contribution in [3.8, 4) is 0 Å². The van der Waals surface area contributed by atoms with Gasteiger partial charge in [0.1, 0.15) is 0 Å². The first-order chi connectivity index (χ1) is 11.6. The molecule has 1 aromatic heterocycles. The van der Waals surface area contributed by atoms with E-state index in [1.54, 1.807) is 17.1 Å². The molecule has 1 aliphatic heterocycles. The lowest BCUT2D eigenvalue weighted by Crippen LogP contribution is -2.51. The Hall–Kier alpha value is -2.18. The van der Waals surface area contributed by atoms with Crippen LogP contribution in [0, 0.1) is 0 Å². The number of rotatable bonds is 4. The minimum Gasteiger partial charge on any atom is -0.373 e. The molecule has 1 aromatic carbocycles. The highest BCUT2D eigenvalue weighted by Crippen LogP contribution is 2.31. The summed E-state index contributed by atoms with van der Waals surface area (Å²) in [5.74, 6) is 0.00371. The number of benzene rings is 1. The molecule has 0 bridgehead atoms. The van der Waals surface area contributed by atoms with Crippen LogP contribution in [0.1, 0.15) is 22.0 Å². The molecule has 1 saturated heterocycles. The summed E-state index contributed by atoms with van der Waals surface area (Å²) in [7, 11) is 5.86. The highest BCUT2D eigenvalue weighted by atomic mass is 16.5. The second-order valence-corrected chi connectivity index (χ2v) is 6.43. The van der Waals surface area contributed by atoms with Gasteiger partial charge in [-0.3, -0.25) is 9.48 Å². The molecular formula is C18H24N4O2. The molecule has 2 atom stereocenters. The third-order valence-corrected chi connectivity index (χ3v) is 4.25. The average molecular weight is 328 g/mol. The zero-order valence-corrected chi connectivity index (χ0v) is 14.4. The van der Waals surface area contributed by atoms with Crippen LogP contribution in [-0.2, 0) is 11.8 Å². The molecule has 0 unspecified atom stereocenters. The van der Waals surface area contributed by atoms with Gasteiger partial charge >= 0.3 is 0 Å². The van der Waals surface area contributed by atoms with Crippen molar-refractivity contribution < 1.29 is 9.53 Å². The zero-order chi connectivity index (χ0) is 17.1. The van der Waals surface area contributed by atoms with Crippen molar-refractivity contribution in [2.45, 2.75) is 12.1 Å². The first-order valence-electron chi connectivity index (χ1n) is 8.17. The predicted octanol–water partition coefficient (Wildman–Crippen LogP) is 1.56.